The standard InChI is InChI=1S/C10H13ClN2/c1-2-3-9(12)8-6-7(11)4-5-10(8)13/h2,4-6,9H,1,3,12-13H2. The number of rotatable bonds is 3. The van der Waals surface area contributed by atoms with E-state index in [1.807, 2.05) is 0 Å². The van der Waals surface area contributed by atoms with Crippen molar-refractivity contribution in [1.82, 2.24) is 0 Å². The van der Waals surface area contributed by atoms with Crippen molar-refractivity contribution in [2.24, 2.45) is 5.73 Å². The zero-order valence-electron chi connectivity index (χ0n) is 7.33. The first-order valence-electron chi connectivity index (χ1n) is 4.06. The van der Waals surface area contributed by atoms with Crippen molar-refractivity contribution in [1.29, 1.82) is 0 Å². The Bertz CT molecular complexity index is 310. The van der Waals surface area contributed by atoms with Gasteiger partial charge in [-0.15, -0.1) is 6.58 Å². The Kier molecular flexibility index (Phi) is 3.34. The third kappa shape index (κ3) is 2.47. The van der Waals surface area contributed by atoms with Crippen LogP contribution in [0.1, 0.15) is 18.0 Å². The van der Waals surface area contributed by atoms with Gasteiger partial charge in [0.15, 0.2) is 0 Å². The lowest BCUT2D eigenvalue weighted by Gasteiger charge is -2.12. The lowest BCUT2D eigenvalue weighted by Crippen LogP contribution is -2.11. The fraction of sp³-hybridized carbons (Fsp3) is 0.200. The van der Waals surface area contributed by atoms with Crippen molar-refractivity contribution in [3.8, 4) is 0 Å². The van der Waals surface area contributed by atoms with Gasteiger partial charge < -0.3 is 11.5 Å². The van der Waals surface area contributed by atoms with Crippen LogP contribution < -0.4 is 11.5 Å². The SMILES string of the molecule is C=CCC(N)c1cc(Cl)ccc1N. The van der Waals surface area contributed by atoms with Crippen molar-refractivity contribution < 1.29 is 0 Å². The Hall–Kier alpha value is -0.990. The lowest BCUT2D eigenvalue weighted by atomic mass is 10.0. The largest absolute Gasteiger partial charge is 0.398 e. The smallest absolute Gasteiger partial charge is 0.0410 e. The summed E-state index contributed by atoms with van der Waals surface area (Å²) in [5, 5.41) is 0.656. The molecule has 13 heavy (non-hydrogen) atoms. The molecule has 70 valence electrons. The van der Waals surface area contributed by atoms with Gasteiger partial charge in [0.1, 0.15) is 0 Å². The molecule has 0 fully saturated rings. The van der Waals surface area contributed by atoms with Crippen molar-refractivity contribution in [2.45, 2.75) is 12.5 Å². The molecule has 0 amide bonds. The van der Waals surface area contributed by atoms with Crippen LogP contribution in [0.15, 0.2) is 30.9 Å². The number of hydrogen-bond donors (Lipinski definition) is 2. The Morgan fingerprint density at radius 3 is 2.85 bits per heavy atom. The van der Waals surface area contributed by atoms with Gasteiger partial charge in [-0.1, -0.05) is 17.7 Å². The van der Waals surface area contributed by atoms with Crippen LogP contribution in [-0.2, 0) is 0 Å². The molecule has 1 unspecified atom stereocenters. The second-order valence-electron chi connectivity index (χ2n) is 2.90. The van der Waals surface area contributed by atoms with E-state index in [1.54, 1.807) is 24.3 Å². The second-order valence-corrected chi connectivity index (χ2v) is 3.34. The summed E-state index contributed by atoms with van der Waals surface area (Å²) in [4.78, 5) is 0. The molecule has 0 aliphatic rings. The monoisotopic (exact) mass is 196 g/mol. The van der Waals surface area contributed by atoms with Crippen LogP contribution in [0.3, 0.4) is 0 Å². The van der Waals surface area contributed by atoms with Crippen LogP contribution in [0.2, 0.25) is 5.02 Å². The molecule has 0 aromatic heterocycles. The molecule has 0 saturated heterocycles. The highest BCUT2D eigenvalue weighted by atomic mass is 35.5. The van der Waals surface area contributed by atoms with Gasteiger partial charge in [-0.3, -0.25) is 0 Å². The molecule has 2 nitrogen and oxygen atoms in total. The molecule has 0 aliphatic heterocycles. The van der Waals surface area contributed by atoms with E-state index in [-0.39, 0.29) is 6.04 Å². The molecule has 0 spiro atoms. The topological polar surface area (TPSA) is 52.0 Å². The number of nitrogens with two attached hydrogens (primary N) is 2. The number of anilines is 1. The molecule has 0 aliphatic carbocycles. The third-order valence-electron chi connectivity index (χ3n) is 1.87. The molecule has 4 N–H and O–H groups in total. The predicted molar refractivity (Wildman–Crippen MR) is 57.6 cm³/mol. The molecule has 1 aromatic rings. The van der Waals surface area contributed by atoms with Gasteiger partial charge in [0.05, 0.1) is 0 Å². The van der Waals surface area contributed by atoms with Gasteiger partial charge in [0.2, 0.25) is 0 Å². The second kappa shape index (κ2) is 4.30. The number of hydrogen-bond acceptors (Lipinski definition) is 2. The highest BCUT2D eigenvalue weighted by molar-refractivity contribution is 6.30. The van der Waals surface area contributed by atoms with E-state index in [0.29, 0.717) is 17.1 Å². The fourth-order valence-electron chi connectivity index (χ4n) is 1.17. The number of benzene rings is 1. The minimum atomic E-state index is -0.115. The maximum absolute atomic E-state index is 5.87. The van der Waals surface area contributed by atoms with Gasteiger partial charge in [0, 0.05) is 16.8 Å². The summed E-state index contributed by atoms with van der Waals surface area (Å²) < 4.78 is 0. The minimum absolute atomic E-state index is 0.115. The van der Waals surface area contributed by atoms with Crippen molar-refractivity contribution >= 4 is 17.3 Å². The summed E-state index contributed by atoms with van der Waals surface area (Å²) in [5.74, 6) is 0. The van der Waals surface area contributed by atoms with Gasteiger partial charge in [-0.25, -0.2) is 0 Å². The van der Waals surface area contributed by atoms with E-state index in [1.165, 1.54) is 0 Å². The average Bonchev–Trinajstić information content (AvgIpc) is 2.09. The van der Waals surface area contributed by atoms with Gasteiger partial charge in [-0.05, 0) is 30.2 Å². The van der Waals surface area contributed by atoms with Gasteiger partial charge in [-0.2, -0.15) is 0 Å². The van der Waals surface area contributed by atoms with Crippen LogP contribution in [0.5, 0.6) is 0 Å². The molecule has 0 radical (unpaired) electrons. The van der Waals surface area contributed by atoms with Crippen molar-refractivity contribution in [2.75, 3.05) is 5.73 Å². The first-order chi connectivity index (χ1) is 6.15. The molecule has 1 rings (SSSR count). The Morgan fingerprint density at radius 2 is 2.23 bits per heavy atom. The molecule has 1 atom stereocenters. The Morgan fingerprint density at radius 1 is 1.54 bits per heavy atom. The number of halogens is 1. The van der Waals surface area contributed by atoms with Gasteiger partial charge in [0.25, 0.3) is 0 Å². The fourth-order valence-corrected chi connectivity index (χ4v) is 1.35. The normalized spacial score (nSPS) is 12.5. The van der Waals surface area contributed by atoms with E-state index in [9.17, 15) is 0 Å². The van der Waals surface area contributed by atoms with Crippen LogP contribution in [0.25, 0.3) is 0 Å². The Balaban J connectivity index is 2.97. The molecule has 0 heterocycles. The van der Waals surface area contributed by atoms with E-state index >= 15 is 0 Å². The first-order valence-corrected chi connectivity index (χ1v) is 4.44. The zero-order valence-corrected chi connectivity index (χ0v) is 8.09. The van der Waals surface area contributed by atoms with Gasteiger partial charge >= 0.3 is 0 Å². The molecule has 3 heteroatoms. The van der Waals surface area contributed by atoms with E-state index < -0.39 is 0 Å². The minimum Gasteiger partial charge on any atom is -0.398 e. The van der Waals surface area contributed by atoms with Crippen LogP contribution in [-0.4, -0.2) is 0 Å². The summed E-state index contributed by atoms with van der Waals surface area (Å²) in [5.41, 5.74) is 13.2. The molecule has 0 bridgehead atoms. The summed E-state index contributed by atoms with van der Waals surface area (Å²) in [6, 6.07) is 5.20. The number of nitrogen functional groups attached to an aromatic ring is 1. The molecule has 1 aromatic carbocycles. The summed E-state index contributed by atoms with van der Waals surface area (Å²) in [6.45, 7) is 3.62. The van der Waals surface area contributed by atoms with Crippen LogP contribution in [0.4, 0.5) is 5.69 Å². The average molecular weight is 197 g/mol. The summed E-state index contributed by atoms with van der Waals surface area (Å²) in [6.07, 6.45) is 2.47. The zero-order chi connectivity index (χ0) is 9.84. The summed E-state index contributed by atoms with van der Waals surface area (Å²) in [7, 11) is 0. The quantitative estimate of drug-likeness (QED) is 0.577. The highest BCUT2D eigenvalue weighted by Crippen LogP contribution is 2.24. The first kappa shape index (κ1) is 10.1. The van der Waals surface area contributed by atoms with Crippen molar-refractivity contribution in [3.05, 3.63) is 41.4 Å². The van der Waals surface area contributed by atoms with E-state index in [4.69, 9.17) is 23.1 Å². The van der Waals surface area contributed by atoms with Crippen LogP contribution in [0, 0.1) is 0 Å². The maximum atomic E-state index is 5.87. The lowest BCUT2D eigenvalue weighted by molar-refractivity contribution is 0.744. The highest BCUT2D eigenvalue weighted by Gasteiger charge is 2.07. The van der Waals surface area contributed by atoms with Crippen molar-refractivity contribution in [3.63, 3.8) is 0 Å². The maximum Gasteiger partial charge on any atom is 0.0410 e. The molecular formula is C10H13ClN2. The van der Waals surface area contributed by atoms with Crippen LogP contribution >= 0.6 is 11.6 Å². The third-order valence-corrected chi connectivity index (χ3v) is 2.10. The summed E-state index contributed by atoms with van der Waals surface area (Å²) >= 11 is 5.82. The molecule has 0 saturated carbocycles. The molecular weight excluding hydrogens is 184 g/mol. The Labute approximate surface area is 83.2 Å². The predicted octanol–water partition coefficient (Wildman–Crippen LogP) is 2.50. The van der Waals surface area contributed by atoms with E-state index in [0.717, 1.165) is 5.56 Å². The van der Waals surface area contributed by atoms with E-state index in [2.05, 4.69) is 6.58 Å².